The van der Waals surface area contributed by atoms with Crippen molar-refractivity contribution < 1.29 is 4.74 Å². The first kappa shape index (κ1) is 11.1. The van der Waals surface area contributed by atoms with Crippen LogP contribution in [0.3, 0.4) is 0 Å². The highest BCUT2D eigenvalue weighted by atomic mass is 16.5. The van der Waals surface area contributed by atoms with E-state index in [1.807, 2.05) is 12.1 Å². The molecular formula is C14H20N2O. The molecular weight excluding hydrogens is 212 g/mol. The quantitative estimate of drug-likeness (QED) is 0.821. The van der Waals surface area contributed by atoms with Gasteiger partial charge in [-0.1, -0.05) is 25.0 Å². The van der Waals surface area contributed by atoms with Crippen molar-refractivity contribution in [3.63, 3.8) is 0 Å². The standard InChI is InChI=1S/C14H20N2O/c1-17-11-8-6-10(7-9-11)14-12-4-2-3-5-13(12)15-16-14/h6-9,12-16H,2-5H2,1H3. The minimum absolute atomic E-state index is 0.464. The maximum absolute atomic E-state index is 5.20. The summed E-state index contributed by atoms with van der Waals surface area (Å²) in [6, 6.07) is 9.58. The summed E-state index contributed by atoms with van der Waals surface area (Å²) in [5.74, 6) is 1.68. The topological polar surface area (TPSA) is 33.3 Å². The molecule has 3 atom stereocenters. The second-order valence-electron chi connectivity index (χ2n) is 5.09. The predicted molar refractivity (Wildman–Crippen MR) is 67.8 cm³/mol. The summed E-state index contributed by atoms with van der Waals surface area (Å²) < 4.78 is 5.20. The number of fused-ring (bicyclic) bond motifs is 1. The van der Waals surface area contributed by atoms with E-state index >= 15 is 0 Å². The molecule has 3 heteroatoms. The highest BCUT2D eigenvalue weighted by molar-refractivity contribution is 5.30. The molecule has 1 aromatic rings. The number of hydrogen-bond donors (Lipinski definition) is 2. The van der Waals surface area contributed by atoms with Gasteiger partial charge in [0.15, 0.2) is 0 Å². The van der Waals surface area contributed by atoms with E-state index in [-0.39, 0.29) is 0 Å². The lowest BCUT2D eigenvalue weighted by Crippen LogP contribution is -2.33. The van der Waals surface area contributed by atoms with Crippen LogP contribution in [0, 0.1) is 5.92 Å². The Labute approximate surface area is 103 Å². The van der Waals surface area contributed by atoms with Gasteiger partial charge in [-0.3, -0.25) is 5.43 Å². The summed E-state index contributed by atoms with van der Waals surface area (Å²) in [4.78, 5) is 0. The Hall–Kier alpha value is -1.06. The van der Waals surface area contributed by atoms with Crippen LogP contribution < -0.4 is 15.6 Å². The average molecular weight is 232 g/mol. The zero-order valence-corrected chi connectivity index (χ0v) is 10.3. The number of benzene rings is 1. The zero-order chi connectivity index (χ0) is 11.7. The number of rotatable bonds is 2. The Kier molecular flexibility index (Phi) is 3.04. The molecule has 1 aliphatic heterocycles. The van der Waals surface area contributed by atoms with Gasteiger partial charge < -0.3 is 4.74 Å². The lowest BCUT2D eigenvalue weighted by Gasteiger charge is -2.27. The number of nitrogens with one attached hydrogen (secondary N) is 2. The minimum Gasteiger partial charge on any atom is -0.497 e. The summed E-state index contributed by atoms with van der Waals surface area (Å²) >= 11 is 0. The highest BCUT2D eigenvalue weighted by Gasteiger charge is 2.37. The van der Waals surface area contributed by atoms with E-state index in [1.54, 1.807) is 7.11 Å². The van der Waals surface area contributed by atoms with Gasteiger partial charge in [-0.25, -0.2) is 5.43 Å². The summed E-state index contributed by atoms with van der Waals surface area (Å²) in [5.41, 5.74) is 8.28. The number of hydrogen-bond acceptors (Lipinski definition) is 3. The van der Waals surface area contributed by atoms with Crippen molar-refractivity contribution in [2.45, 2.75) is 37.8 Å². The van der Waals surface area contributed by atoms with Crippen molar-refractivity contribution in [2.24, 2.45) is 5.92 Å². The van der Waals surface area contributed by atoms with Crippen LogP contribution in [0.4, 0.5) is 0 Å². The van der Waals surface area contributed by atoms with Gasteiger partial charge in [0.05, 0.1) is 13.2 Å². The van der Waals surface area contributed by atoms with Gasteiger partial charge in [-0.05, 0) is 36.5 Å². The van der Waals surface area contributed by atoms with Crippen LogP contribution in [0.2, 0.25) is 0 Å². The molecule has 3 nitrogen and oxygen atoms in total. The van der Waals surface area contributed by atoms with Crippen molar-refractivity contribution in [1.82, 2.24) is 10.9 Å². The third kappa shape index (κ3) is 2.05. The van der Waals surface area contributed by atoms with Crippen molar-refractivity contribution in [1.29, 1.82) is 0 Å². The van der Waals surface area contributed by atoms with E-state index in [1.165, 1.54) is 31.2 Å². The summed E-state index contributed by atoms with van der Waals surface area (Å²) in [7, 11) is 1.71. The monoisotopic (exact) mass is 232 g/mol. The molecule has 92 valence electrons. The van der Waals surface area contributed by atoms with E-state index in [4.69, 9.17) is 4.74 Å². The molecule has 3 unspecified atom stereocenters. The smallest absolute Gasteiger partial charge is 0.118 e. The normalized spacial score (nSPS) is 32.2. The zero-order valence-electron chi connectivity index (χ0n) is 10.3. The first-order valence-electron chi connectivity index (χ1n) is 6.53. The second-order valence-corrected chi connectivity index (χ2v) is 5.09. The van der Waals surface area contributed by atoms with Crippen molar-refractivity contribution in [3.8, 4) is 5.75 Å². The Morgan fingerprint density at radius 3 is 2.59 bits per heavy atom. The highest BCUT2D eigenvalue weighted by Crippen LogP contribution is 2.38. The van der Waals surface area contributed by atoms with Crippen LogP contribution in [0.5, 0.6) is 5.75 Å². The minimum atomic E-state index is 0.464. The fourth-order valence-corrected chi connectivity index (χ4v) is 3.18. The van der Waals surface area contributed by atoms with E-state index in [0.29, 0.717) is 12.1 Å². The lowest BCUT2D eigenvalue weighted by atomic mass is 9.79. The van der Waals surface area contributed by atoms with Crippen LogP contribution in [0.15, 0.2) is 24.3 Å². The Balaban J connectivity index is 1.78. The van der Waals surface area contributed by atoms with Gasteiger partial charge in [0, 0.05) is 6.04 Å². The fourth-order valence-electron chi connectivity index (χ4n) is 3.18. The molecule has 1 saturated heterocycles. The molecule has 2 aliphatic rings. The molecule has 3 rings (SSSR count). The first-order chi connectivity index (χ1) is 8.38. The van der Waals surface area contributed by atoms with Crippen LogP contribution in [-0.2, 0) is 0 Å². The maximum Gasteiger partial charge on any atom is 0.118 e. The molecule has 0 bridgehead atoms. The Bertz CT molecular complexity index is 376. The van der Waals surface area contributed by atoms with Crippen LogP contribution >= 0.6 is 0 Å². The molecule has 1 saturated carbocycles. The Morgan fingerprint density at radius 2 is 1.82 bits per heavy atom. The third-order valence-electron chi connectivity index (χ3n) is 4.15. The summed E-state index contributed by atoms with van der Waals surface area (Å²) in [5, 5.41) is 0. The van der Waals surface area contributed by atoms with E-state index < -0.39 is 0 Å². The molecule has 17 heavy (non-hydrogen) atoms. The van der Waals surface area contributed by atoms with E-state index in [9.17, 15) is 0 Å². The molecule has 2 N–H and O–H groups in total. The molecule has 0 aromatic heterocycles. The largest absolute Gasteiger partial charge is 0.497 e. The van der Waals surface area contributed by atoms with Gasteiger partial charge in [0.2, 0.25) is 0 Å². The van der Waals surface area contributed by atoms with Crippen molar-refractivity contribution in [2.75, 3.05) is 7.11 Å². The van der Waals surface area contributed by atoms with Crippen LogP contribution in [0.25, 0.3) is 0 Å². The van der Waals surface area contributed by atoms with Gasteiger partial charge in [0.1, 0.15) is 5.75 Å². The molecule has 0 amide bonds. The van der Waals surface area contributed by atoms with E-state index in [2.05, 4.69) is 23.0 Å². The summed E-state index contributed by atoms with van der Waals surface area (Å²) in [6.45, 7) is 0. The van der Waals surface area contributed by atoms with Crippen LogP contribution in [-0.4, -0.2) is 13.2 Å². The first-order valence-corrected chi connectivity index (χ1v) is 6.53. The molecule has 1 aromatic carbocycles. The van der Waals surface area contributed by atoms with Crippen LogP contribution in [0.1, 0.15) is 37.3 Å². The molecule has 2 fully saturated rings. The molecule has 1 heterocycles. The van der Waals surface area contributed by atoms with Gasteiger partial charge in [0.25, 0.3) is 0 Å². The molecule has 1 aliphatic carbocycles. The number of methoxy groups -OCH3 is 1. The molecule has 0 spiro atoms. The van der Waals surface area contributed by atoms with Crippen molar-refractivity contribution >= 4 is 0 Å². The SMILES string of the molecule is COc1ccc(C2NNC3CCCCC32)cc1. The molecule has 0 radical (unpaired) electrons. The van der Waals surface area contributed by atoms with Gasteiger partial charge >= 0.3 is 0 Å². The number of hydrazine groups is 1. The second kappa shape index (κ2) is 4.67. The average Bonchev–Trinajstić information content (AvgIpc) is 2.83. The number of ether oxygens (including phenoxy) is 1. The van der Waals surface area contributed by atoms with Gasteiger partial charge in [-0.2, -0.15) is 0 Å². The lowest BCUT2D eigenvalue weighted by molar-refractivity contribution is 0.307. The van der Waals surface area contributed by atoms with E-state index in [0.717, 1.165) is 11.7 Å². The maximum atomic E-state index is 5.20. The Morgan fingerprint density at radius 1 is 1.06 bits per heavy atom. The third-order valence-corrected chi connectivity index (χ3v) is 4.15. The summed E-state index contributed by atoms with van der Waals surface area (Å²) in [6.07, 6.45) is 5.38. The van der Waals surface area contributed by atoms with Gasteiger partial charge in [-0.15, -0.1) is 0 Å². The predicted octanol–water partition coefficient (Wildman–Crippen LogP) is 2.40. The van der Waals surface area contributed by atoms with Crippen molar-refractivity contribution in [3.05, 3.63) is 29.8 Å². The fraction of sp³-hybridized carbons (Fsp3) is 0.571.